The molecule has 0 aliphatic rings. The van der Waals surface area contributed by atoms with Crippen molar-refractivity contribution in [1.82, 2.24) is 5.32 Å². The number of hydrogen-bond donors (Lipinski definition) is 2. The Bertz CT molecular complexity index is 426. The molecule has 1 aromatic carbocycles. The minimum atomic E-state index is -0.206. The summed E-state index contributed by atoms with van der Waals surface area (Å²) < 4.78 is 5.46. The molecule has 1 amide bonds. The van der Waals surface area contributed by atoms with Crippen molar-refractivity contribution < 1.29 is 14.6 Å². The quantitative estimate of drug-likeness (QED) is 0.775. The largest absolute Gasteiger partial charge is 0.484 e. The number of ether oxygens (including phenoxy) is 1. The lowest BCUT2D eigenvalue weighted by Crippen LogP contribution is -2.40. The van der Waals surface area contributed by atoms with Crippen molar-refractivity contribution in [3.05, 3.63) is 29.8 Å². The fourth-order valence-corrected chi connectivity index (χ4v) is 2.12. The lowest BCUT2D eigenvalue weighted by molar-refractivity contribution is -0.124. The number of amides is 1. The Morgan fingerprint density at radius 3 is 2.29 bits per heavy atom. The van der Waals surface area contributed by atoms with E-state index >= 15 is 0 Å². The Balaban J connectivity index is 2.41. The number of carbonyl (C=O) groups is 1. The maximum Gasteiger partial charge on any atom is 0.258 e. The van der Waals surface area contributed by atoms with E-state index < -0.39 is 0 Å². The molecule has 118 valence electrons. The van der Waals surface area contributed by atoms with Crippen molar-refractivity contribution >= 4 is 5.91 Å². The number of aliphatic hydroxyl groups is 1. The van der Waals surface area contributed by atoms with Crippen molar-refractivity contribution in [2.24, 2.45) is 5.92 Å². The maximum absolute atomic E-state index is 11.8. The van der Waals surface area contributed by atoms with E-state index in [2.05, 4.69) is 33.0 Å². The summed E-state index contributed by atoms with van der Waals surface area (Å²) in [6.45, 7) is 8.30. The fraction of sp³-hybridized carbons (Fsp3) is 0.588. The van der Waals surface area contributed by atoms with E-state index in [9.17, 15) is 9.90 Å². The third-order valence-corrected chi connectivity index (χ3v) is 3.26. The van der Waals surface area contributed by atoms with Gasteiger partial charge in [-0.3, -0.25) is 4.79 Å². The van der Waals surface area contributed by atoms with E-state index in [4.69, 9.17) is 4.74 Å². The molecular weight excluding hydrogens is 266 g/mol. The summed E-state index contributed by atoms with van der Waals surface area (Å²) in [4.78, 5) is 11.8. The average Bonchev–Trinajstić information content (AvgIpc) is 2.44. The predicted molar refractivity (Wildman–Crippen MR) is 84.5 cm³/mol. The number of hydrogen-bond acceptors (Lipinski definition) is 3. The number of rotatable bonds is 8. The van der Waals surface area contributed by atoms with Gasteiger partial charge in [-0.2, -0.15) is 0 Å². The fourth-order valence-electron chi connectivity index (χ4n) is 2.12. The van der Waals surface area contributed by atoms with Gasteiger partial charge < -0.3 is 15.2 Å². The Labute approximate surface area is 127 Å². The van der Waals surface area contributed by atoms with Gasteiger partial charge in [0.1, 0.15) is 5.75 Å². The van der Waals surface area contributed by atoms with E-state index in [0.717, 1.165) is 6.42 Å². The molecule has 0 aromatic heterocycles. The molecule has 1 unspecified atom stereocenters. The Hall–Kier alpha value is -1.55. The van der Waals surface area contributed by atoms with Crippen molar-refractivity contribution in [2.45, 2.75) is 46.1 Å². The highest BCUT2D eigenvalue weighted by molar-refractivity contribution is 5.77. The van der Waals surface area contributed by atoms with E-state index in [0.29, 0.717) is 17.6 Å². The molecule has 1 atom stereocenters. The third-order valence-electron chi connectivity index (χ3n) is 3.26. The van der Waals surface area contributed by atoms with E-state index in [1.54, 1.807) is 0 Å². The van der Waals surface area contributed by atoms with Crippen LogP contribution in [0.15, 0.2) is 24.3 Å². The lowest BCUT2D eigenvalue weighted by atomic mass is 10.0. The van der Waals surface area contributed by atoms with Crippen LogP contribution >= 0.6 is 0 Å². The van der Waals surface area contributed by atoms with Crippen molar-refractivity contribution in [2.75, 3.05) is 13.2 Å². The molecule has 1 aromatic rings. The van der Waals surface area contributed by atoms with E-state index in [-0.39, 0.29) is 25.2 Å². The van der Waals surface area contributed by atoms with Crippen LogP contribution < -0.4 is 10.1 Å². The van der Waals surface area contributed by atoms with Crippen LogP contribution in [0.25, 0.3) is 0 Å². The van der Waals surface area contributed by atoms with Gasteiger partial charge in [-0.25, -0.2) is 0 Å². The molecule has 0 aliphatic heterocycles. The molecule has 0 spiro atoms. The molecule has 4 heteroatoms. The number of aliphatic hydroxyl groups excluding tert-OH is 1. The average molecular weight is 293 g/mol. The van der Waals surface area contributed by atoms with Gasteiger partial charge in [0.15, 0.2) is 6.61 Å². The summed E-state index contributed by atoms with van der Waals surface area (Å²) in [5.74, 6) is 1.37. The predicted octanol–water partition coefficient (Wildman–Crippen LogP) is 2.71. The molecule has 21 heavy (non-hydrogen) atoms. The Morgan fingerprint density at radius 1 is 1.19 bits per heavy atom. The smallest absolute Gasteiger partial charge is 0.258 e. The molecule has 0 aliphatic carbocycles. The van der Waals surface area contributed by atoms with Gasteiger partial charge in [-0.05, 0) is 36.0 Å². The minimum Gasteiger partial charge on any atom is -0.484 e. The van der Waals surface area contributed by atoms with Gasteiger partial charge in [-0.1, -0.05) is 39.8 Å². The standard InChI is InChI=1S/C17H27NO3/c1-12(2)9-15(10-19)18-17(20)11-21-16-7-5-14(6-8-16)13(3)4/h5-8,12-13,15,19H,9-11H2,1-4H3,(H,18,20). The zero-order chi connectivity index (χ0) is 15.8. The second kappa shape index (κ2) is 8.67. The highest BCUT2D eigenvalue weighted by atomic mass is 16.5. The van der Waals surface area contributed by atoms with E-state index in [1.807, 2.05) is 24.3 Å². The lowest BCUT2D eigenvalue weighted by Gasteiger charge is -2.18. The Morgan fingerprint density at radius 2 is 1.81 bits per heavy atom. The molecule has 0 heterocycles. The first kappa shape index (κ1) is 17.5. The van der Waals surface area contributed by atoms with E-state index in [1.165, 1.54) is 5.56 Å². The summed E-state index contributed by atoms with van der Waals surface area (Å²) in [6.07, 6.45) is 0.755. The first-order valence-corrected chi connectivity index (χ1v) is 7.55. The van der Waals surface area contributed by atoms with Crippen LogP contribution in [0.2, 0.25) is 0 Å². The van der Waals surface area contributed by atoms with Crippen LogP contribution in [0.4, 0.5) is 0 Å². The van der Waals surface area contributed by atoms with Crippen molar-refractivity contribution in [3.8, 4) is 5.75 Å². The summed E-state index contributed by atoms with van der Waals surface area (Å²) in [7, 11) is 0. The van der Waals surface area contributed by atoms with Crippen molar-refractivity contribution in [1.29, 1.82) is 0 Å². The van der Waals surface area contributed by atoms with Gasteiger partial charge in [0.25, 0.3) is 5.91 Å². The van der Waals surface area contributed by atoms with Gasteiger partial charge in [0, 0.05) is 0 Å². The first-order valence-electron chi connectivity index (χ1n) is 7.55. The van der Waals surface area contributed by atoms with Gasteiger partial charge in [0.05, 0.1) is 12.6 Å². The monoisotopic (exact) mass is 293 g/mol. The Kier molecular flexibility index (Phi) is 7.23. The highest BCUT2D eigenvalue weighted by Gasteiger charge is 2.13. The zero-order valence-corrected chi connectivity index (χ0v) is 13.4. The van der Waals surface area contributed by atoms with Gasteiger partial charge in [0.2, 0.25) is 0 Å². The van der Waals surface area contributed by atoms with Crippen LogP contribution in [-0.2, 0) is 4.79 Å². The van der Waals surface area contributed by atoms with Crippen LogP contribution in [-0.4, -0.2) is 30.3 Å². The zero-order valence-electron chi connectivity index (χ0n) is 13.4. The molecule has 0 bridgehead atoms. The molecule has 2 N–H and O–H groups in total. The van der Waals surface area contributed by atoms with Gasteiger partial charge in [-0.15, -0.1) is 0 Å². The topological polar surface area (TPSA) is 58.6 Å². The summed E-state index contributed by atoms with van der Waals surface area (Å²) in [5.41, 5.74) is 1.24. The van der Waals surface area contributed by atoms with Crippen LogP contribution in [0, 0.1) is 5.92 Å². The molecule has 0 saturated carbocycles. The first-order chi connectivity index (χ1) is 9.92. The normalized spacial score (nSPS) is 12.5. The molecule has 0 fully saturated rings. The summed E-state index contributed by atoms with van der Waals surface area (Å²) >= 11 is 0. The molecular formula is C17H27NO3. The molecule has 1 rings (SSSR count). The van der Waals surface area contributed by atoms with Crippen molar-refractivity contribution in [3.63, 3.8) is 0 Å². The van der Waals surface area contributed by atoms with Gasteiger partial charge >= 0.3 is 0 Å². The highest BCUT2D eigenvalue weighted by Crippen LogP contribution is 2.18. The SMILES string of the molecule is CC(C)CC(CO)NC(=O)COc1ccc(C(C)C)cc1. The van der Waals surface area contributed by atoms with Crippen LogP contribution in [0.1, 0.15) is 45.6 Å². The molecule has 4 nitrogen and oxygen atoms in total. The maximum atomic E-state index is 11.8. The minimum absolute atomic E-state index is 0.0321. The number of nitrogens with one attached hydrogen (secondary N) is 1. The van der Waals surface area contributed by atoms with Crippen LogP contribution in [0.5, 0.6) is 5.75 Å². The number of carbonyl (C=O) groups excluding carboxylic acids is 1. The summed E-state index contributed by atoms with van der Waals surface area (Å²) in [6, 6.07) is 7.56. The summed E-state index contributed by atoms with van der Waals surface area (Å²) in [5, 5.41) is 12.0. The number of benzene rings is 1. The van der Waals surface area contributed by atoms with Crippen LogP contribution in [0.3, 0.4) is 0 Å². The third kappa shape index (κ3) is 6.63. The molecule has 0 radical (unpaired) electrons. The molecule has 0 saturated heterocycles. The second-order valence-corrected chi connectivity index (χ2v) is 6.09. The second-order valence-electron chi connectivity index (χ2n) is 6.09.